The number of nitrogens with one attached hydrogen (secondary N) is 1. The van der Waals surface area contributed by atoms with E-state index in [0.29, 0.717) is 13.2 Å². The lowest BCUT2D eigenvalue weighted by molar-refractivity contribution is -0.128. The van der Waals surface area contributed by atoms with Gasteiger partial charge in [-0.05, 0) is 30.9 Å². The molecule has 0 radical (unpaired) electrons. The Morgan fingerprint density at radius 1 is 1.53 bits per heavy atom. The third kappa shape index (κ3) is 5.36. The maximum atomic E-state index is 11.6. The SMILES string of the molecule is O=C(COC[C@@H]1CCCCO1)NCc1cccnc1. The van der Waals surface area contributed by atoms with Gasteiger partial charge in [0.15, 0.2) is 0 Å². The highest BCUT2D eigenvalue weighted by molar-refractivity contribution is 5.77. The monoisotopic (exact) mass is 264 g/mol. The zero-order valence-corrected chi connectivity index (χ0v) is 11.0. The second-order valence-corrected chi connectivity index (χ2v) is 4.64. The number of nitrogens with zero attached hydrogens (tertiary/aromatic N) is 1. The normalized spacial score (nSPS) is 19.1. The van der Waals surface area contributed by atoms with E-state index in [4.69, 9.17) is 9.47 Å². The highest BCUT2D eigenvalue weighted by Crippen LogP contribution is 2.12. The first kappa shape index (κ1) is 14.0. The van der Waals surface area contributed by atoms with Crippen LogP contribution in [0.2, 0.25) is 0 Å². The summed E-state index contributed by atoms with van der Waals surface area (Å²) >= 11 is 0. The van der Waals surface area contributed by atoms with Crippen LogP contribution in [0.25, 0.3) is 0 Å². The zero-order valence-electron chi connectivity index (χ0n) is 11.0. The van der Waals surface area contributed by atoms with Crippen LogP contribution in [0.3, 0.4) is 0 Å². The van der Waals surface area contributed by atoms with Gasteiger partial charge in [0, 0.05) is 25.5 Å². The van der Waals surface area contributed by atoms with E-state index in [9.17, 15) is 4.79 Å². The van der Waals surface area contributed by atoms with Gasteiger partial charge in [0.1, 0.15) is 6.61 Å². The van der Waals surface area contributed by atoms with Gasteiger partial charge in [-0.25, -0.2) is 0 Å². The summed E-state index contributed by atoms with van der Waals surface area (Å²) in [5, 5.41) is 2.79. The summed E-state index contributed by atoms with van der Waals surface area (Å²) in [5.74, 6) is -0.111. The number of rotatable bonds is 6. The first-order chi connectivity index (χ1) is 9.34. The lowest BCUT2D eigenvalue weighted by atomic mass is 10.1. The molecule has 2 heterocycles. The van der Waals surface area contributed by atoms with Gasteiger partial charge in [-0.15, -0.1) is 0 Å². The minimum Gasteiger partial charge on any atom is -0.376 e. The van der Waals surface area contributed by atoms with E-state index in [0.717, 1.165) is 25.0 Å². The number of ether oxygens (including phenoxy) is 2. The summed E-state index contributed by atoms with van der Waals surface area (Å²) in [6.45, 7) is 1.87. The van der Waals surface area contributed by atoms with E-state index in [-0.39, 0.29) is 18.6 Å². The summed E-state index contributed by atoms with van der Waals surface area (Å²) in [6.07, 6.45) is 6.93. The molecule has 0 unspecified atom stereocenters. The van der Waals surface area contributed by atoms with Crippen molar-refractivity contribution >= 4 is 5.91 Å². The quantitative estimate of drug-likeness (QED) is 0.841. The molecule has 1 saturated heterocycles. The van der Waals surface area contributed by atoms with Crippen LogP contribution in [0.1, 0.15) is 24.8 Å². The maximum Gasteiger partial charge on any atom is 0.246 e. The lowest BCUT2D eigenvalue weighted by Gasteiger charge is -2.22. The third-order valence-electron chi connectivity index (χ3n) is 3.02. The van der Waals surface area contributed by atoms with Crippen LogP contribution in [0.5, 0.6) is 0 Å². The largest absolute Gasteiger partial charge is 0.376 e. The van der Waals surface area contributed by atoms with Gasteiger partial charge in [0.25, 0.3) is 0 Å². The molecule has 1 amide bonds. The molecule has 1 atom stereocenters. The molecule has 5 heteroatoms. The molecule has 0 saturated carbocycles. The second-order valence-electron chi connectivity index (χ2n) is 4.64. The Kier molecular flexibility index (Phi) is 5.78. The number of carbonyl (C=O) groups excluding carboxylic acids is 1. The van der Waals surface area contributed by atoms with Crippen LogP contribution in [-0.4, -0.2) is 36.8 Å². The Labute approximate surface area is 113 Å². The highest BCUT2D eigenvalue weighted by atomic mass is 16.5. The van der Waals surface area contributed by atoms with E-state index >= 15 is 0 Å². The second kappa shape index (κ2) is 7.86. The summed E-state index contributed by atoms with van der Waals surface area (Å²) in [5.41, 5.74) is 0.978. The van der Waals surface area contributed by atoms with Crippen molar-refractivity contribution in [1.29, 1.82) is 0 Å². The molecule has 5 nitrogen and oxygen atoms in total. The molecule has 1 aliphatic heterocycles. The first-order valence-electron chi connectivity index (χ1n) is 6.69. The Hall–Kier alpha value is -1.46. The minimum absolute atomic E-state index is 0.0835. The highest BCUT2D eigenvalue weighted by Gasteiger charge is 2.14. The molecule has 0 aromatic carbocycles. The molecule has 0 bridgehead atoms. The van der Waals surface area contributed by atoms with Crippen LogP contribution in [0, 0.1) is 0 Å². The van der Waals surface area contributed by atoms with Crippen LogP contribution in [0.15, 0.2) is 24.5 Å². The fraction of sp³-hybridized carbons (Fsp3) is 0.571. The Balaban J connectivity index is 1.57. The van der Waals surface area contributed by atoms with Gasteiger partial charge in [0.05, 0.1) is 12.7 Å². The van der Waals surface area contributed by atoms with Gasteiger partial charge >= 0.3 is 0 Å². The smallest absolute Gasteiger partial charge is 0.246 e. The van der Waals surface area contributed by atoms with Crippen LogP contribution in [0.4, 0.5) is 0 Å². The molecule has 0 spiro atoms. The van der Waals surface area contributed by atoms with Crippen molar-refractivity contribution in [3.8, 4) is 0 Å². The molecular weight excluding hydrogens is 244 g/mol. The zero-order chi connectivity index (χ0) is 13.3. The van der Waals surface area contributed by atoms with Crippen molar-refractivity contribution in [2.75, 3.05) is 19.8 Å². The third-order valence-corrected chi connectivity index (χ3v) is 3.02. The number of hydrogen-bond donors (Lipinski definition) is 1. The van der Waals surface area contributed by atoms with E-state index in [1.54, 1.807) is 12.4 Å². The Morgan fingerprint density at radius 3 is 3.21 bits per heavy atom. The number of amides is 1. The fourth-order valence-corrected chi connectivity index (χ4v) is 1.98. The molecule has 19 heavy (non-hydrogen) atoms. The summed E-state index contributed by atoms with van der Waals surface area (Å²) in [7, 11) is 0. The molecule has 104 valence electrons. The van der Waals surface area contributed by atoms with E-state index < -0.39 is 0 Å². The Bertz CT molecular complexity index is 378. The van der Waals surface area contributed by atoms with Crippen LogP contribution >= 0.6 is 0 Å². The number of aromatic nitrogens is 1. The minimum atomic E-state index is -0.111. The predicted octanol–water partition coefficient (Wildman–Crippen LogP) is 1.28. The molecule has 1 fully saturated rings. The molecule has 1 N–H and O–H groups in total. The molecular formula is C14H20N2O3. The molecule has 1 aromatic heterocycles. The Morgan fingerprint density at radius 2 is 2.47 bits per heavy atom. The van der Waals surface area contributed by atoms with Crippen molar-refractivity contribution in [2.45, 2.75) is 31.9 Å². The number of hydrogen-bond acceptors (Lipinski definition) is 4. The predicted molar refractivity (Wildman–Crippen MR) is 70.5 cm³/mol. The fourth-order valence-electron chi connectivity index (χ4n) is 1.98. The first-order valence-corrected chi connectivity index (χ1v) is 6.69. The molecule has 2 rings (SSSR count). The van der Waals surface area contributed by atoms with Crippen LogP contribution < -0.4 is 5.32 Å². The molecule has 0 aliphatic carbocycles. The summed E-state index contributed by atoms with van der Waals surface area (Å²) in [6, 6.07) is 3.77. The molecule has 1 aromatic rings. The topological polar surface area (TPSA) is 60.5 Å². The van der Waals surface area contributed by atoms with Gasteiger partial charge < -0.3 is 14.8 Å². The lowest BCUT2D eigenvalue weighted by Crippen LogP contribution is -2.30. The number of carbonyl (C=O) groups is 1. The number of pyridine rings is 1. The van der Waals surface area contributed by atoms with Crippen molar-refractivity contribution in [2.24, 2.45) is 0 Å². The maximum absolute atomic E-state index is 11.6. The van der Waals surface area contributed by atoms with E-state index in [2.05, 4.69) is 10.3 Å². The van der Waals surface area contributed by atoms with Gasteiger partial charge in [-0.3, -0.25) is 9.78 Å². The van der Waals surface area contributed by atoms with Crippen LogP contribution in [-0.2, 0) is 20.8 Å². The van der Waals surface area contributed by atoms with Gasteiger partial charge in [-0.1, -0.05) is 6.07 Å². The summed E-state index contributed by atoms with van der Waals surface area (Å²) < 4.78 is 10.9. The van der Waals surface area contributed by atoms with Crippen molar-refractivity contribution in [1.82, 2.24) is 10.3 Å². The van der Waals surface area contributed by atoms with Crippen molar-refractivity contribution < 1.29 is 14.3 Å². The van der Waals surface area contributed by atoms with Gasteiger partial charge in [-0.2, -0.15) is 0 Å². The standard InChI is InChI=1S/C14H20N2O3/c17-14(16-9-12-4-3-6-15-8-12)11-18-10-13-5-1-2-7-19-13/h3-4,6,8,13H,1-2,5,7,9-11H2,(H,16,17)/t13-/m0/s1. The van der Waals surface area contributed by atoms with E-state index in [1.807, 2.05) is 12.1 Å². The molecule has 1 aliphatic rings. The van der Waals surface area contributed by atoms with Crippen molar-refractivity contribution in [3.63, 3.8) is 0 Å². The van der Waals surface area contributed by atoms with Crippen molar-refractivity contribution in [3.05, 3.63) is 30.1 Å². The van der Waals surface area contributed by atoms with Gasteiger partial charge in [0.2, 0.25) is 5.91 Å². The van der Waals surface area contributed by atoms with E-state index in [1.165, 1.54) is 6.42 Å². The average Bonchev–Trinajstić information content (AvgIpc) is 2.47. The average molecular weight is 264 g/mol. The summed E-state index contributed by atoms with van der Waals surface area (Å²) in [4.78, 5) is 15.5.